The van der Waals surface area contributed by atoms with Gasteiger partial charge in [-0.05, 0) is 48.5 Å². The average Bonchev–Trinajstić information content (AvgIpc) is 2.81. The Balaban J connectivity index is 1.98. The lowest BCUT2D eigenvalue weighted by Crippen LogP contribution is -2.08. The topological polar surface area (TPSA) is 88.4 Å². The molecule has 0 aliphatic carbocycles. The Labute approximate surface area is 185 Å². The molecule has 3 aromatic rings. The molecule has 0 spiro atoms. The maximum atomic E-state index is 9.07. The maximum absolute atomic E-state index is 9.07. The molecule has 0 saturated carbocycles. The fraction of sp³-hybridized carbons (Fsp3) is 0.250. The molecule has 0 aliphatic heterocycles. The third-order valence-electron chi connectivity index (χ3n) is 4.22. The molecule has 3 rings (SSSR count). The number of aliphatic hydroxyl groups is 3. The second-order valence-corrected chi connectivity index (χ2v) is 8.47. The van der Waals surface area contributed by atoms with Crippen LogP contribution < -0.4 is 14.2 Å². The third-order valence-corrected chi connectivity index (χ3v) is 6.42. The van der Waals surface area contributed by atoms with Crippen molar-refractivity contribution in [3.8, 4) is 17.2 Å². The highest BCUT2D eigenvalue weighted by atomic mass is 32.2. The summed E-state index contributed by atoms with van der Waals surface area (Å²) in [5.41, 5.74) is 0. The average molecular weight is 444 g/mol. The molecule has 0 amide bonds. The van der Waals surface area contributed by atoms with Crippen LogP contribution in [-0.2, 0) is 10.9 Å². The van der Waals surface area contributed by atoms with Crippen LogP contribution in [0.25, 0.3) is 0 Å². The zero-order chi connectivity index (χ0) is 21.9. The van der Waals surface area contributed by atoms with E-state index in [1.807, 2.05) is 72.8 Å². The Morgan fingerprint density at radius 2 is 0.968 bits per heavy atom. The first kappa shape index (κ1) is 23.0. The van der Waals surface area contributed by atoms with Crippen molar-refractivity contribution in [2.75, 3.05) is 39.6 Å². The van der Waals surface area contributed by atoms with Gasteiger partial charge in [-0.1, -0.05) is 12.1 Å². The van der Waals surface area contributed by atoms with Gasteiger partial charge in [0.15, 0.2) is 14.7 Å². The van der Waals surface area contributed by atoms with Gasteiger partial charge in [-0.3, -0.25) is 0 Å². The predicted molar refractivity (Wildman–Crippen MR) is 119 cm³/mol. The quantitative estimate of drug-likeness (QED) is 0.373. The molecular formula is C24H27O6S+. The van der Waals surface area contributed by atoms with Gasteiger partial charge in [0.05, 0.1) is 30.7 Å². The van der Waals surface area contributed by atoms with E-state index in [2.05, 4.69) is 0 Å². The van der Waals surface area contributed by atoms with Crippen LogP contribution in [0.5, 0.6) is 17.2 Å². The zero-order valence-electron chi connectivity index (χ0n) is 17.1. The maximum Gasteiger partial charge on any atom is 0.170 e. The molecule has 0 fully saturated rings. The normalized spacial score (nSPS) is 10.8. The van der Waals surface area contributed by atoms with Gasteiger partial charge < -0.3 is 29.5 Å². The predicted octanol–water partition coefficient (Wildman–Crippen LogP) is 2.90. The summed E-state index contributed by atoms with van der Waals surface area (Å²) in [4.78, 5) is 3.19. The molecule has 0 saturated heterocycles. The van der Waals surface area contributed by atoms with E-state index in [-0.39, 0.29) is 39.6 Å². The molecule has 164 valence electrons. The summed E-state index contributed by atoms with van der Waals surface area (Å²) in [6.07, 6.45) is 0. The van der Waals surface area contributed by atoms with Crippen molar-refractivity contribution in [1.82, 2.24) is 0 Å². The minimum atomic E-state index is -0.450. The van der Waals surface area contributed by atoms with E-state index in [4.69, 9.17) is 29.5 Å². The van der Waals surface area contributed by atoms with Gasteiger partial charge in [-0.25, -0.2) is 0 Å². The highest BCUT2D eigenvalue weighted by molar-refractivity contribution is 7.97. The van der Waals surface area contributed by atoms with Crippen molar-refractivity contribution < 1.29 is 29.5 Å². The molecule has 0 bridgehead atoms. The molecule has 7 heteroatoms. The summed E-state index contributed by atoms with van der Waals surface area (Å²) in [6.45, 7) is 0.592. The third kappa shape index (κ3) is 6.63. The van der Waals surface area contributed by atoms with Gasteiger partial charge in [-0.2, -0.15) is 0 Å². The van der Waals surface area contributed by atoms with Gasteiger partial charge in [0.25, 0.3) is 0 Å². The monoisotopic (exact) mass is 443 g/mol. The van der Waals surface area contributed by atoms with Crippen molar-refractivity contribution in [3.05, 3.63) is 72.8 Å². The zero-order valence-corrected chi connectivity index (χ0v) is 18.0. The first-order chi connectivity index (χ1) is 15.2. The summed E-state index contributed by atoms with van der Waals surface area (Å²) in [5.74, 6) is 2.08. The lowest BCUT2D eigenvalue weighted by atomic mass is 10.3. The molecule has 0 radical (unpaired) electrons. The standard InChI is InChI=1S/C24H27O6S/c25-11-14-28-19-7-9-22(10-8-19)31(23-5-1-3-20(17-23)29-15-12-26)24-6-2-4-21(18-24)30-16-13-27/h1-10,17-18,25-27H,11-16H2/q+1. The van der Waals surface area contributed by atoms with Crippen molar-refractivity contribution >= 4 is 10.9 Å². The fourth-order valence-corrected chi connectivity index (χ4v) is 5.07. The summed E-state index contributed by atoms with van der Waals surface area (Å²) < 4.78 is 16.7. The fourth-order valence-electron chi connectivity index (χ4n) is 2.95. The van der Waals surface area contributed by atoms with E-state index in [1.165, 1.54) is 0 Å². The van der Waals surface area contributed by atoms with Gasteiger partial charge in [0.2, 0.25) is 0 Å². The molecule has 0 heterocycles. The summed E-state index contributed by atoms with van der Waals surface area (Å²) in [6, 6.07) is 23.5. The van der Waals surface area contributed by atoms with Crippen LogP contribution in [0.1, 0.15) is 0 Å². The second kappa shape index (κ2) is 12.2. The van der Waals surface area contributed by atoms with Gasteiger partial charge in [0, 0.05) is 12.1 Å². The summed E-state index contributed by atoms with van der Waals surface area (Å²) in [5, 5.41) is 27.1. The van der Waals surface area contributed by atoms with Gasteiger partial charge in [0.1, 0.15) is 37.1 Å². The highest BCUT2D eigenvalue weighted by Gasteiger charge is 2.29. The summed E-state index contributed by atoms with van der Waals surface area (Å²) in [7, 11) is -0.450. The number of hydrogen-bond acceptors (Lipinski definition) is 6. The largest absolute Gasteiger partial charge is 0.491 e. The summed E-state index contributed by atoms with van der Waals surface area (Å²) >= 11 is 0. The van der Waals surface area contributed by atoms with Crippen LogP contribution in [0.3, 0.4) is 0 Å². The Kier molecular flexibility index (Phi) is 9.05. The first-order valence-electron chi connectivity index (χ1n) is 10.0. The van der Waals surface area contributed by atoms with Crippen molar-refractivity contribution in [1.29, 1.82) is 0 Å². The number of rotatable bonds is 12. The van der Waals surface area contributed by atoms with E-state index in [0.717, 1.165) is 14.7 Å². The van der Waals surface area contributed by atoms with Gasteiger partial charge >= 0.3 is 0 Å². The van der Waals surface area contributed by atoms with Crippen molar-refractivity contribution in [2.45, 2.75) is 14.7 Å². The van der Waals surface area contributed by atoms with Crippen LogP contribution in [0.15, 0.2) is 87.5 Å². The number of hydrogen-bond donors (Lipinski definition) is 3. The first-order valence-corrected chi connectivity index (χ1v) is 11.2. The van der Waals surface area contributed by atoms with Gasteiger partial charge in [-0.15, -0.1) is 0 Å². The van der Waals surface area contributed by atoms with Crippen LogP contribution in [-0.4, -0.2) is 55.0 Å². The molecule has 0 aromatic heterocycles. The molecule has 0 atom stereocenters. The van der Waals surface area contributed by atoms with E-state index in [1.54, 1.807) is 0 Å². The van der Waals surface area contributed by atoms with E-state index in [0.29, 0.717) is 17.2 Å². The lowest BCUT2D eigenvalue weighted by Gasteiger charge is -2.12. The van der Waals surface area contributed by atoms with Crippen LogP contribution in [0.2, 0.25) is 0 Å². The number of ether oxygens (including phenoxy) is 3. The number of aliphatic hydroxyl groups excluding tert-OH is 3. The minimum absolute atomic E-state index is 0.0343. The lowest BCUT2D eigenvalue weighted by molar-refractivity contribution is 0.201. The Morgan fingerprint density at radius 1 is 0.516 bits per heavy atom. The van der Waals surface area contributed by atoms with Crippen molar-refractivity contribution in [2.24, 2.45) is 0 Å². The molecule has 31 heavy (non-hydrogen) atoms. The number of benzene rings is 3. The molecule has 6 nitrogen and oxygen atoms in total. The molecular weight excluding hydrogens is 416 g/mol. The molecule has 0 aliphatic rings. The van der Waals surface area contributed by atoms with E-state index >= 15 is 0 Å². The van der Waals surface area contributed by atoms with Crippen molar-refractivity contribution in [3.63, 3.8) is 0 Å². The molecule has 0 unspecified atom stereocenters. The Bertz CT molecular complexity index is 880. The smallest absolute Gasteiger partial charge is 0.170 e. The van der Waals surface area contributed by atoms with E-state index in [9.17, 15) is 0 Å². The van der Waals surface area contributed by atoms with Crippen LogP contribution in [0.4, 0.5) is 0 Å². The molecule has 3 aromatic carbocycles. The second-order valence-electron chi connectivity index (χ2n) is 6.44. The Hall–Kier alpha value is -2.71. The van der Waals surface area contributed by atoms with Crippen LogP contribution >= 0.6 is 0 Å². The minimum Gasteiger partial charge on any atom is -0.491 e. The highest BCUT2D eigenvalue weighted by Crippen LogP contribution is 2.35. The van der Waals surface area contributed by atoms with E-state index < -0.39 is 10.9 Å². The van der Waals surface area contributed by atoms with Crippen LogP contribution in [0, 0.1) is 0 Å². The Morgan fingerprint density at radius 3 is 1.42 bits per heavy atom. The SMILES string of the molecule is OCCOc1ccc([S+](c2cccc(OCCO)c2)c2cccc(OCCO)c2)cc1. The molecule has 3 N–H and O–H groups in total.